The van der Waals surface area contributed by atoms with Crippen molar-refractivity contribution in [2.75, 3.05) is 0 Å². The highest BCUT2D eigenvalue weighted by atomic mass is 16.4. The van der Waals surface area contributed by atoms with Gasteiger partial charge in [-0.05, 0) is 32.1 Å². The first kappa shape index (κ1) is 14.4. The summed E-state index contributed by atoms with van der Waals surface area (Å²) < 4.78 is 0. The zero-order valence-corrected chi connectivity index (χ0v) is 11.6. The van der Waals surface area contributed by atoms with Crippen molar-refractivity contribution >= 4 is 11.9 Å². The van der Waals surface area contributed by atoms with Crippen LogP contribution < -0.4 is 5.32 Å². The predicted molar refractivity (Wildman–Crippen MR) is 72.7 cm³/mol. The van der Waals surface area contributed by atoms with E-state index in [4.69, 9.17) is 5.11 Å². The second-order valence-electron chi connectivity index (χ2n) is 6.10. The van der Waals surface area contributed by atoms with E-state index in [-0.39, 0.29) is 23.8 Å². The molecule has 2 aliphatic rings. The van der Waals surface area contributed by atoms with Crippen molar-refractivity contribution in [3.63, 3.8) is 0 Å². The largest absolute Gasteiger partial charge is 0.481 e. The van der Waals surface area contributed by atoms with Crippen LogP contribution in [0.4, 0.5) is 0 Å². The van der Waals surface area contributed by atoms with Crippen molar-refractivity contribution in [2.45, 2.75) is 70.3 Å². The van der Waals surface area contributed by atoms with Crippen molar-refractivity contribution in [1.29, 1.82) is 0 Å². The Bertz CT molecular complexity index is 321. The molecule has 2 unspecified atom stereocenters. The molecule has 0 spiro atoms. The smallest absolute Gasteiger partial charge is 0.306 e. The van der Waals surface area contributed by atoms with E-state index in [2.05, 4.69) is 5.32 Å². The molecule has 0 radical (unpaired) electrons. The van der Waals surface area contributed by atoms with E-state index in [1.165, 1.54) is 12.8 Å². The summed E-state index contributed by atoms with van der Waals surface area (Å²) in [5.41, 5.74) is 0. The maximum absolute atomic E-state index is 12.2. The fourth-order valence-corrected chi connectivity index (χ4v) is 3.41. The number of amides is 1. The Morgan fingerprint density at radius 2 is 1.47 bits per heavy atom. The van der Waals surface area contributed by atoms with Gasteiger partial charge >= 0.3 is 5.97 Å². The third-order valence-electron chi connectivity index (χ3n) is 4.60. The van der Waals surface area contributed by atoms with Crippen LogP contribution in [0.2, 0.25) is 0 Å². The van der Waals surface area contributed by atoms with Crippen LogP contribution in [0.3, 0.4) is 0 Å². The van der Waals surface area contributed by atoms with Crippen molar-refractivity contribution in [3.05, 3.63) is 0 Å². The second kappa shape index (κ2) is 6.92. The molecular weight excluding hydrogens is 242 g/mol. The average Bonchev–Trinajstić information content (AvgIpc) is 2.68. The van der Waals surface area contributed by atoms with E-state index >= 15 is 0 Å². The lowest BCUT2D eigenvalue weighted by atomic mass is 9.85. The van der Waals surface area contributed by atoms with Crippen LogP contribution in [0.15, 0.2) is 0 Å². The van der Waals surface area contributed by atoms with Gasteiger partial charge in [0.25, 0.3) is 0 Å². The van der Waals surface area contributed by atoms with E-state index in [9.17, 15) is 9.59 Å². The maximum atomic E-state index is 12.2. The Balaban J connectivity index is 1.82. The molecule has 2 aliphatic carbocycles. The SMILES string of the molecule is O=C(O)C1CCCC(NC(=O)C2CCCCCC2)C1. The highest BCUT2D eigenvalue weighted by Crippen LogP contribution is 2.26. The standard InChI is InChI=1S/C15H25NO3/c17-14(11-6-3-1-2-4-7-11)16-13-9-5-8-12(10-13)15(18)19/h11-13H,1-10H2,(H,16,17)(H,18,19). The zero-order chi connectivity index (χ0) is 13.7. The lowest BCUT2D eigenvalue weighted by molar-refractivity contribution is -0.143. The number of hydrogen-bond acceptors (Lipinski definition) is 2. The summed E-state index contributed by atoms with van der Waals surface area (Å²) >= 11 is 0. The van der Waals surface area contributed by atoms with Crippen LogP contribution in [0, 0.1) is 11.8 Å². The van der Waals surface area contributed by atoms with Crippen molar-refractivity contribution in [1.82, 2.24) is 5.32 Å². The summed E-state index contributed by atoms with van der Waals surface area (Å²) in [6.45, 7) is 0. The highest BCUT2D eigenvalue weighted by Gasteiger charge is 2.29. The summed E-state index contributed by atoms with van der Waals surface area (Å²) in [4.78, 5) is 23.3. The van der Waals surface area contributed by atoms with Gasteiger partial charge in [-0.1, -0.05) is 32.1 Å². The molecule has 2 N–H and O–H groups in total. The first-order chi connectivity index (χ1) is 9.16. The third kappa shape index (κ3) is 4.22. The lowest BCUT2D eigenvalue weighted by Gasteiger charge is -2.28. The molecule has 2 saturated carbocycles. The number of hydrogen-bond donors (Lipinski definition) is 2. The van der Waals surface area contributed by atoms with E-state index in [1.54, 1.807) is 0 Å². The molecule has 1 amide bonds. The Morgan fingerprint density at radius 1 is 0.842 bits per heavy atom. The number of carboxylic acid groups (broad SMARTS) is 1. The van der Waals surface area contributed by atoms with E-state index in [0.29, 0.717) is 6.42 Å². The van der Waals surface area contributed by atoms with Crippen LogP contribution in [-0.2, 0) is 9.59 Å². The molecule has 0 aromatic heterocycles. The molecule has 4 nitrogen and oxygen atoms in total. The Kier molecular flexibility index (Phi) is 5.23. The molecule has 0 aromatic carbocycles. The molecule has 19 heavy (non-hydrogen) atoms. The minimum atomic E-state index is -0.714. The molecule has 2 rings (SSSR count). The fraction of sp³-hybridized carbons (Fsp3) is 0.867. The summed E-state index contributed by atoms with van der Waals surface area (Å²) in [6.07, 6.45) is 10.00. The summed E-state index contributed by atoms with van der Waals surface area (Å²) in [6, 6.07) is 0.0746. The highest BCUT2D eigenvalue weighted by molar-refractivity contribution is 5.79. The van der Waals surface area contributed by atoms with Crippen LogP contribution in [0.25, 0.3) is 0 Å². The molecule has 2 atom stereocenters. The van der Waals surface area contributed by atoms with E-state index in [0.717, 1.165) is 44.9 Å². The number of carbonyl (C=O) groups excluding carboxylic acids is 1. The molecular formula is C15H25NO3. The van der Waals surface area contributed by atoms with Gasteiger partial charge < -0.3 is 10.4 Å². The molecule has 0 bridgehead atoms. The first-order valence-electron chi connectivity index (χ1n) is 7.70. The molecule has 0 aromatic rings. The summed E-state index contributed by atoms with van der Waals surface area (Å²) in [5, 5.41) is 12.2. The van der Waals surface area contributed by atoms with E-state index < -0.39 is 5.97 Å². The Labute approximate surface area is 115 Å². The summed E-state index contributed by atoms with van der Waals surface area (Å²) in [7, 11) is 0. The minimum absolute atomic E-state index is 0.0746. The Hall–Kier alpha value is -1.06. The number of carboxylic acids is 1. The number of rotatable bonds is 3. The second-order valence-corrected chi connectivity index (χ2v) is 6.10. The maximum Gasteiger partial charge on any atom is 0.306 e. The lowest BCUT2D eigenvalue weighted by Crippen LogP contribution is -2.42. The van der Waals surface area contributed by atoms with Gasteiger partial charge in [-0.15, -0.1) is 0 Å². The number of carbonyl (C=O) groups is 2. The third-order valence-corrected chi connectivity index (χ3v) is 4.60. The van der Waals surface area contributed by atoms with Crippen LogP contribution >= 0.6 is 0 Å². The van der Waals surface area contributed by atoms with Gasteiger partial charge in [-0.3, -0.25) is 9.59 Å². The Morgan fingerprint density at radius 3 is 2.11 bits per heavy atom. The molecule has 108 valence electrons. The number of nitrogens with one attached hydrogen (secondary N) is 1. The van der Waals surface area contributed by atoms with Crippen LogP contribution in [-0.4, -0.2) is 23.0 Å². The quantitative estimate of drug-likeness (QED) is 0.773. The van der Waals surface area contributed by atoms with Crippen LogP contribution in [0.5, 0.6) is 0 Å². The topological polar surface area (TPSA) is 66.4 Å². The first-order valence-corrected chi connectivity index (χ1v) is 7.70. The summed E-state index contributed by atoms with van der Waals surface area (Å²) in [5.74, 6) is -0.660. The van der Waals surface area contributed by atoms with Crippen molar-refractivity contribution in [3.8, 4) is 0 Å². The van der Waals surface area contributed by atoms with Gasteiger partial charge in [0.2, 0.25) is 5.91 Å². The molecule has 2 fully saturated rings. The monoisotopic (exact) mass is 267 g/mol. The number of aliphatic carboxylic acids is 1. The zero-order valence-electron chi connectivity index (χ0n) is 11.6. The average molecular weight is 267 g/mol. The normalized spacial score (nSPS) is 29.5. The van der Waals surface area contributed by atoms with Gasteiger partial charge in [0, 0.05) is 12.0 Å². The minimum Gasteiger partial charge on any atom is -0.481 e. The van der Waals surface area contributed by atoms with Gasteiger partial charge in [0.15, 0.2) is 0 Å². The fourth-order valence-electron chi connectivity index (χ4n) is 3.41. The van der Waals surface area contributed by atoms with Gasteiger partial charge in [0.05, 0.1) is 5.92 Å². The van der Waals surface area contributed by atoms with Gasteiger partial charge in [0.1, 0.15) is 0 Å². The van der Waals surface area contributed by atoms with E-state index in [1.807, 2.05) is 0 Å². The molecule has 0 heterocycles. The van der Waals surface area contributed by atoms with Crippen molar-refractivity contribution < 1.29 is 14.7 Å². The molecule has 0 aliphatic heterocycles. The van der Waals surface area contributed by atoms with Gasteiger partial charge in [-0.2, -0.15) is 0 Å². The molecule has 4 heteroatoms. The van der Waals surface area contributed by atoms with Crippen LogP contribution in [0.1, 0.15) is 64.2 Å². The van der Waals surface area contributed by atoms with Gasteiger partial charge in [-0.25, -0.2) is 0 Å². The molecule has 0 saturated heterocycles. The van der Waals surface area contributed by atoms with Crippen molar-refractivity contribution in [2.24, 2.45) is 11.8 Å². The predicted octanol–water partition coefficient (Wildman–Crippen LogP) is 2.72.